The number of carbonyl (C=O) groups excluding carboxylic acids is 2. The van der Waals surface area contributed by atoms with Crippen LogP contribution in [0.15, 0.2) is 54.0 Å². The number of halogens is 2. The normalized spacial score (nSPS) is 20.8. The number of aromatic nitrogens is 3. The molecule has 250 valence electrons. The molecular weight excluding hydrogens is 614 g/mol. The lowest BCUT2D eigenvalue weighted by atomic mass is 9.98. The number of hydrogen-bond donors (Lipinski definition) is 1. The summed E-state index contributed by atoms with van der Waals surface area (Å²) in [6, 6.07) is 4.51. The lowest BCUT2D eigenvalue weighted by Gasteiger charge is -2.40. The highest BCUT2D eigenvalue weighted by Gasteiger charge is 2.32. The molecule has 3 aromatic rings. The van der Waals surface area contributed by atoms with Crippen LogP contribution in [0.5, 0.6) is 5.75 Å². The van der Waals surface area contributed by atoms with E-state index in [1.165, 1.54) is 36.0 Å². The van der Waals surface area contributed by atoms with Gasteiger partial charge in [-0.15, -0.1) is 0 Å². The van der Waals surface area contributed by atoms with Gasteiger partial charge in [0.1, 0.15) is 35.3 Å². The Bertz CT molecular complexity index is 1760. The first kappa shape index (κ1) is 33.4. The van der Waals surface area contributed by atoms with E-state index in [0.29, 0.717) is 26.1 Å². The van der Waals surface area contributed by atoms with Crippen LogP contribution >= 0.6 is 0 Å². The Hall–Kier alpha value is -5.01. The van der Waals surface area contributed by atoms with Crippen molar-refractivity contribution in [1.29, 1.82) is 0 Å². The molecule has 0 saturated carbocycles. The molecule has 0 radical (unpaired) electrons. The zero-order valence-corrected chi connectivity index (χ0v) is 26.7. The fraction of sp³-hybridized carbons (Fsp3) is 0.424. The highest BCUT2D eigenvalue weighted by atomic mass is 19.1. The van der Waals surface area contributed by atoms with Crippen LogP contribution in [0.4, 0.5) is 19.4 Å². The Morgan fingerprint density at radius 1 is 1.17 bits per heavy atom. The highest BCUT2D eigenvalue weighted by Crippen LogP contribution is 2.36. The van der Waals surface area contributed by atoms with Gasteiger partial charge in [-0.3, -0.25) is 9.36 Å². The Labute approximate surface area is 270 Å². The van der Waals surface area contributed by atoms with Gasteiger partial charge in [0, 0.05) is 32.2 Å². The van der Waals surface area contributed by atoms with Gasteiger partial charge in [-0.05, 0) is 49.7 Å². The van der Waals surface area contributed by atoms with Gasteiger partial charge < -0.3 is 29.3 Å². The number of piperazine rings is 1. The van der Waals surface area contributed by atoms with E-state index in [1.807, 2.05) is 25.7 Å². The van der Waals surface area contributed by atoms with E-state index in [4.69, 9.17) is 14.2 Å². The molecule has 0 spiro atoms. The maximum absolute atomic E-state index is 16.2. The highest BCUT2D eigenvalue weighted by molar-refractivity contribution is 5.90. The van der Waals surface area contributed by atoms with Gasteiger partial charge in [-0.2, -0.15) is 4.98 Å². The second-order valence-electron chi connectivity index (χ2n) is 11.8. The predicted molar refractivity (Wildman–Crippen MR) is 171 cm³/mol. The zero-order chi connectivity index (χ0) is 33.8. The van der Waals surface area contributed by atoms with E-state index in [2.05, 4.69) is 21.9 Å². The lowest BCUT2D eigenvalue weighted by molar-refractivity contribution is -0.126. The molecular formula is C33H38F2N6O6. The number of amides is 1. The van der Waals surface area contributed by atoms with Crippen LogP contribution in [0.1, 0.15) is 27.2 Å². The summed E-state index contributed by atoms with van der Waals surface area (Å²) in [7, 11) is 1.19. The largest absolute Gasteiger partial charge is 0.508 e. The summed E-state index contributed by atoms with van der Waals surface area (Å²) in [5.74, 6) is -1.75. The number of nitrogens with zero attached hydrogens (tertiary/aromatic N) is 5. The number of ether oxygens (including phenoxy) is 3. The molecule has 1 N–H and O–H groups in total. The van der Waals surface area contributed by atoms with Gasteiger partial charge in [0.05, 0.1) is 24.1 Å². The third-order valence-corrected chi connectivity index (χ3v) is 8.34. The number of pyridine rings is 1. The van der Waals surface area contributed by atoms with Crippen LogP contribution in [-0.2, 0) is 20.8 Å². The zero-order valence-electron chi connectivity index (χ0n) is 26.7. The monoisotopic (exact) mass is 652 g/mol. The Morgan fingerprint density at radius 3 is 2.66 bits per heavy atom. The van der Waals surface area contributed by atoms with Crippen LogP contribution in [0.3, 0.4) is 0 Å². The van der Waals surface area contributed by atoms with E-state index < -0.39 is 35.6 Å². The first-order valence-electron chi connectivity index (χ1n) is 15.4. The summed E-state index contributed by atoms with van der Waals surface area (Å²) in [5.41, 5.74) is -1.12. The summed E-state index contributed by atoms with van der Waals surface area (Å²) >= 11 is 0. The van der Waals surface area contributed by atoms with Gasteiger partial charge in [0.15, 0.2) is 11.9 Å². The Kier molecular flexibility index (Phi) is 10.1. The summed E-state index contributed by atoms with van der Waals surface area (Å²) in [4.78, 5) is 50.4. The van der Waals surface area contributed by atoms with Crippen molar-refractivity contribution in [2.75, 3.05) is 38.3 Å². The maximum atomic E-state index is 16.2. The molecule has 47 heavy (non-hydrogen) atoms. The van der Waals surface area contributed by atoms with Gasteiger partial charge in [0.2, 0.25) is 5.91 Å². The van der Waals surface area contributed by atoms with E-state index in [1.54, 1.807) is 17.2 Å². The number of hydrogen-bond acceptors (Lipinski definition) is 10. The van der Waals surface area contributed by atoms with Crippen LogP contribution in [-0.4, -0.2) is 83.0 Å². The number of fused-ring (bicyclic) bond motifs is 3. The number of benzene rings is 1. The van der Waals surface area contributed by atoms with Crippen LogP contribution in [0.2, 0.25) is 0 Å². The number of aryl methyl sites for hydroxylation is 1. The molecule has 1 saturated heterocycles. The second-order valence-corrected chi connectivity index (χ2v) is 11.8. The molecule has 1 fully saturated rings. The average Bonchev–Trinajstić information content (AvgIpc) is 3.05. The molecule has 2 aliphatic heterocycles. The number of rotatable bonds is 4. The molecule has 1 unspecified atom stereocenters. The number of carbonyl (C=O) groups is 2. The van der Waals surface area contributed by atoms with Crippen molar-refractivity contribution >= 4 is 28.9 Å². The molecule has 2 aromatic heterocycles. The molecule has 2 bridgehead atoms. The number of anilines is 1. The van der Waals surface area contributed by atoms with Crippen molar-refractivity contribution in [3.8, 4) is 17.0 Å². The van der Waals surface area contributed by atoms with Crippen molar-refractivity contribution in [2.45, 2.75) is 51.9 Å². The number of nitrogens with one attached hydrogen (secondary N) is 1. The van der Waals surface area contributed by atoms with Crippen LogP contribution < -0.4 is 20.6 Å². The SMILES string of the molecule is C=CC(=O)N1CCN(c2nc(=O)n3c4nc(c(F)cc24)-c2c(F)cccc2OC[C@H](OC(=O)OC)C(C(C)C)N/C=C\CC3)[C@@H](C)C1. The van der Waals surface area contributed by atoms with Crippen molar-refractivity contribution in [1.82, 2.24) is 24.8 Å². The smallest absolute Gasteiger partial charge is 0.489 e. The third-order valence-electron chi connectivity index (χ3n) is 8.34. The number of allylic oxidation sites excluding steroid dienone is 1. The van der Waals surface area contributed by atoms with Crippen LogP contribution in [0.25, 0.3) is 22.3 Å². The first-order valence-corrected chi connectivity index (χ1v) is 15.4. The molecule has 4 heterocycles. The Balaban J connectivity index is 1.66. The van der Waals surface area contributed by atoms with Crippen molar-refractivity contribution < 1.29 is 32.6 Å². The van der Waals surface area contributed by atoms with Gasteiger partial charge in [0.25, 0.3) is 0 Å². The van der Waals surface area contributed by atoms with Gasteiger partial charge >= 0.3 is 11.8 Å². The second kappa shape index (κ2) is 14.2. The van der Waals surface area contributed by atoms with Gasteiger partial charge in [-0.1, -0.05) is 32.6 Å². The quantitative estimate of drug-likeness (QED) is 0.326. The third kappa shape index (κ3) is 6.91. The molecule has 14 heteroatoms. The summed E-state index contributed by atoms with van der Waals surface area (Å²) in [6.45, 7) is 10.2. The lowest BCUT2D eigenvalue weighted by Crippen LogP contribution is -2.54. The standard InChI is InChI=1S/C33H38F2N6O6/c1-6-26(42)39-14-15-40(20(4)17-39)31-21-16-23(35)29-27-22(34)10-9-11-24(27)46-18-25(47-33(44)45-5)28(19(2)3)36-12-7-8-13-41(30(21)37-29)32(43)38-31/h6-7,9-12,16,19-20,25,28,36H,1,8,13-15,17-18H2,2-5H3/b12-7-/t20-,25-,28?/m0/s1. The summed E-state index contributed by atoms with van der Waals surface area (Å²) < 4.78 is 49.4. The molecule has 0 aliphatic carbocycles. The molecule has 1 aromatic carbocycles. The minimum Gasteiger partial charge on any atom is -0.489 e. The van der Waals surface area contributed by atoms with E-state index in [0.717, 1.165) is 6.07 Å². The van der Waals surface area contributed by atoms with E-state index >= 15 is 8.78 Å². The van der Waals surface area contributed by atoms with Crippen molar-refractivity contribution in [3.05, 3.63) is 71.3 Å². The summed E-state index contributed by atoms with van der Waals surface area (Å²) in [5, 5.41) is 3.51. The van der Waals surface area contributed by atoms with E-state index in [9.17, 15) is 14.4 Å². The van der Waals surface area contributed by atoms with Gasteiger partial charge in [-0.25, -0.2) is 23.4 Å². The average molecular weight is 653 g/mol. The minimum atomic E-state index is -0.924. The first-order chi connectivity index (χ1) is 22.5. The minimum absolute atomic E-state index is 0.0399. The molecule has 5 rings (SSSR count). The fourth-order valence-corrected chi connectivity index (χ4v) is 5.95. The molecule has 1 amide bonds. The molecule has 12 nitrogen and oxygen atoms in total. The Morgan fingerprint density at radius 2 is 1.96 bits per heavy atom. The number of methoxy groups -OCH3 is 1. The summed E-state index contributed by atoms with van der Waals surface area (Å²) in [6.07, 6.45) is 3.29. The van der Waals surface area contributed by atoms with Crippen molar-refractivity contribution in [2.24, 2.45) is 5.92 Å². The predicted octanol–water partition coefficient (Wildman–Crippen LogP) is 4.02. The molecule has 2 aliphatic rings. The fourth-order valence-electron chi connectivity index (χ4n) is 5.95. The maximum Gasteiger partial charge on any atom is 0.508 e. The van der Waals surface area contributed by atoms with E-state index in [-0.39, 0.29) is 64.9 Å². The topological polar surface area (TPSA) is 128 Å². The van der Waals surface area contributed by atoms with Crippen molar-refractivity contribution in [3.63, 3.8) is 0 Å². The van der Waals surface area contributed by atoms with Crippen LogP contribution in [0, 0.1) is 17.6 Å². The molecule has 3 atom stereocenters.